The normalized spacial score (nSPS) is 22.1. The lowest BCUT2D eigenvalue weighted by Crippen LogP contribution is -2.44. The monoisotopic (exact) mass is 403 g/mol. The minimum Gasteiger partial charge on any atom is -0.357 e. The zero-order valence-electron chi connectivity index (χ0n) is 12.0. The summed E-state index contributed by atoms with van der Waals surface area (Å²) >= 11 is 0. The third-order valence-electron chi connectivity index (χ3n) is 2.89. The number of aliphatic imine (C=N–C) groups is 1. The highest BCUT2D eigenvalue weighted by atomic mass is 127. The number of guanidine groups is 1. The van der Waals surface area contributed by atoms with Crippen LogP contribution in [0.1, 0.15) is 33.6 Å². The van der Waals surface area contributed by atoms with Crippen LogP contribution in [0.15, 0.2) is 4.99 Å². The first-order chi connectivity index (χ1) is 8.43. The van der Waals surface area contributed by atoms with E-state index in [9.17, 15) is 8.42 Å². The Hall–Kier alpha value is -0.0500. The third kappa shape index (κ3) is 7.96. The van der Waals surface area contributed by atoms with Crippen molar-refractivity contribution in [3.8, 4) is 0 Å². The van der Waals surface area contributed by atoms with Gasteiger partial charge in [-0.3, -0.25) is 4.99 Å². The third-order valence-corrected chi connectivity index (χ3v) is 4.66. The van der Waals surface area contributed by atoms with Crippen LogP contribution in [-0.4, -0.2) is 45.0 Å². The lowest BCUT2D eigenvalue weighted by Gasteiger charge is -2.16. The largest absolute Gasteiger partial charge is 0.357 e. The first-order valence-corrected chi connectivity index (χ1v) is 8.50. The molecular formula is C12H26IN3O2S. The SMILES string of the molecule is CCNC(=NCCC(C)C)NC1CCS(=O)(=O)C1.I. The van der Waals surface area contributed by atoms with Crippen LogP contribution in [0.2, 0.25) is 0 Å². The molecule has 5 nitrogen and oxygen atoms in total. The van der Waals surface area contributed by atoms with Gasteiger partial charge in [0.15, 0.2) is 15.8 Å². The van der Waals surface area contributed by atoms with Gasteiger partial charge in [0.25, 0.3) is 0 Å². The second-order valence-electron chi connectivity index (χ2n) is 5.19. The number of nitrogens with one attached hydrogen (secondary N) is 2. The first-order valence-electron chi connectivity index (χ1n) is 6.68. The van der Waals surface area contributed by atoms with E-state index < -0.39 is 9.84 Å². The van der Waals surface area contributed by atoms with Gasteiger partial charge < -0.3 is 10.6 Å². The van der Waals surface area contributed by atoms with Crippen molar-refractivity contribution in [3.05, 3.63) is 0 Å². The van der Waals surface area contributed by atoms with Gasteiger partial charge in [-0.25, -0.2) is 8.42 Å². The molecular weight excluding hydrogens is 377 g/mol. The van der Waals surface area contributed by atoms with Crippen molar-refractivity contribution in [2.75, 3.05) is 24.6 Å². The van der Waals surface area contributed by atoms with E-state index in [1.807, 2.05) is 6.92 Å². The van der Waals surface area contributed by atoms with Crippen molar-refractivity contribution in [2.45, 2.75) is 39.7 Å². The minimum atomic E-state index is -2.84. The minimum absolute atomic E-state index is 0. The van der Waals surface area contributed by atoms with Crippen molar-refractivity contribution < 1.29 is 8.42 Å². The average molecular weight is 403 g/mol. The Morgan fingerprint density at radius 3 is 2.58 bits per heavy atom. The van der Waals surface area contributed by atoms with Crippen LogP contribution < -0.4 is 10.6 Å². The second kappa shape index (κ2) is 8.99. The lowest BCUT2D eigenvalue weighted by atomic mass is 10.1. The molecule has 1 fully saturated rings. The van der Waals surface area contributed by atoms with Crippen LogP contribution >= 0.6 is 24.0 Å². The highest BCUT2D eigenvalue weighted by molar-refractivity contribution is 14.0. The molecule has 0 radical (unpaired) electrons. The van der Waals surface area contributed by atoms with Gasteiger partial charge in [0.2, 0.25) is 0 Å². The van der Waals surface area contributed by atoms with E-state index in [1.165, 1.54) is 0 Å². The molecule has 1 unspecified atom stereocenters. The van der Waals surface area contributed by atoms with Crippen molar-refractivity contribution in [2.24, 2.45) is 10.9 Å². The van der Waals surface area contributed by atoms with Gasteiger partial charge in [-0.05, 0) is 25.7 Å². The lowest BCUT2D eigenvalue weighted by molar-refractivity contribution is 0.590. The van der Waals surface area contributed by atoms with Crippen molar-refractivity contribution >= 4 is 39.8 Å². The number of hydrogen-bond donors (Lipinski definition) is 2. The molecule has 7 heteroatoms. The van der Waals surface area contributed by atoms with Gasteiger partial charge in [0.1, 0.15) is 0 Å². The van der Waals surface area contributed by atoms with Gasteiger partial charge >= 0.3 is 0 Å². The molecule has 2 N–H and O–H groups in total. The Labute approximate surface area is 134 Å². The van der Waals surface area contributed by atoms with E-state index >= 15 is 0 Å². The summed E-state index contributed by atoms with van der Waals surface area (Å²) < 4.78 is 22.8. The zero-order chi connectivity index (χ0) is 13.6. The van der Waals surface area contributed by atoms with Gasteiger partial charge in [-0.15, -0.1) is 24.0 Å². The van der Waals surface area contributed by atoms with Crippen molar-refractivity contribution in [1.29, 1.82) is 0 Å². The quantitative estimate of drug-likeness (QED) is 0.414. The van der Waals surface area contributed by atoms with Crippen molar-refractivity contribution in [3.63, 3.8) is 0 Å². The molecule has 19 heavy (non-hydrogen) atoms. The summed E-state index contributed by atoms with van der Waals surface area (Å²) in [5.74, 6) is 1.88. The van der Waals surface area contributed by atoms with Crippen LogP contribution in [0.3, 0.4) is 0 Å². The van der Waals surface area contributed by atoms with E-state index in [4.69, 9.17) is 0 Å². The summed E-state index contributed by atoms with van der Waals surface area (Å²) in [5.41, 5.74) is 0. The number of sulfone groups is 1. The highest BCUT2D eigenvalue weighted by Crippen LogP contribution is 2.11. The standard InChI is InChI=1S/C12H25N3O2S.HI/c1-4-13-12(14-7-5-10(2)3)15-11-6-8-18(16,17)9-11;/h10-11H,4-9H2,1-3H3,(H2,13,14,15);1H. The molecule has 1 rings (SSSR count). The van der Waals surface area contributed by atoms with Crippen LogP contribution in [0.5, 0.6) is 0 Å². The molecule has 0 aliphatic carbocycles. The fourth-order valence-corrected chi connectivity index (χ4v) is 3.53. The Morgan fingerprint density at radius 2 is 2.11 bits per heavy atom. The topological polar surface area (TPSA) is 70.6 Å². The summed E-state index contributed by atoms with van der Waals surface area (Å²) in [4.78, 5) is 4.46. The fourth-order valence-electron chi connectivity index (χ4n) is 1.86. The molecule has 1 saturated heterocycles. The van der Waals surface area contributed by atoms with Crippen LogP contribution in [-0.2, 0) is 9.84 Å². The molecule has 1 atom stereocenters. The molecule has 0 bridgehead atoms. The number of nitrogens with zero attached hydrogens (tertiary/aromatic N) is 1. The molecule has 0 aromatic heterocycles. The van der Waals surface area contributed by atoms with Gasteiger partial charge in [0.05, 0.1) is 11.5 Å². The number of rotatable bonds is 5. The van der Waals surface area contributed by atoms with Crippen LogP contribution in [0, 0.1) is 5.92 Å². The average Bonchev–Trinajstić information content (AvgIpc) is 2.57. The summed E-state index contributed by atoms with van der Waals surface area (Å²) in [6, 6.07) is 0.00634. The summed E-state index contributed by atoms with van der Waals surface area (Å²) in [7, 11) is -2.84. The van der Waals surface area contributed by atoms with E-state index in [1.54, 1.807) is 0 Å². The maximum Gasteiger partial charge on any atom is 0.191 e. The van der Waals surface area contributed by atoms with Gasteiger partial charge in [-0.2, -0.15) is 0 Å². The molecule has 0 aromatic carbocycles. The molecule has 0 saturated carbocycles. The van der Waals surface area contributed by atoms with E-state index in [2.05, 4.69) is 29.5 Å². The predicted octanol–water partition coefficient (Wildman–Crippen LogP) is 1.39. The Kier molecular flexibility index (Phi) is 8.97. The van der Waals surface area contributed by atoms with Crippen molar-refractivity contribution in [1.82, 2.24) is 10.6 Å². The number of hydrogen-bond acceptors (Lipinski definition) is 3. The Balaban J connectivity index is 0.00000324. The highest BCUT2D eigenvalue weighted by Gasteiger charge is 2.28. The van der Waals surface area contributed by atoms with E-state index in [0.717, 1.165) is 25.5 Å². The molecule has 0 amide bonds. The van der Waals surface area contributed by atoms with E-state index in [-0.39, 0.29) is 41.5 Å². The zero-order valence-corrected chi connectivity index (χ0v) is 15.1. The molecule has 0 aromatic rings. The molecule has 1 aliphatic rings. The molecule has 1 aliphatic heterocycles. The maximum atomic E-state index is 11.4. The van der Waals surface area contributed by atoms with E-state index in [0.29, 0.717) is 12.3 Å². The fraction of sp³-hybridized carbons (Fsp3) is 0.917. The van der Waals surface area contributed by atoms with Crippen LogP contribution in [0.4, 0.5) is 0 Å². The van der Waals surface area contributed by atoms with Crippen LogP contribution in [0.25, 0.3) is 0 Å². The molecule has 114 valence electrons. The van der Waals surface area contributed by atoms with Gasteiger partial charge in [0, 0.05) is 19.1 Å². The predicted molar refractivity (Wildman–Crippen MR) is 91.0 cm³/mol. The molecule has 1 heterocycles. The first kappa shape index (κ1) is 18.9. The second-order valence-corrected chi connectivity index (χ2v) is 7.42. The molecule has 0 spiro atoms. The van der Waals surface area contributed by atoms with Gasteiger partial charge in [-0.1, -0.05) is 13.8 Å². The smallest absolute Gasteiger partial charge is 0.191 e. The summed E-state index contributed by atoms with van der Waals surface area (Å²) in [6.07, 6.45) is 1.72. The summed E-state index contributed by atoms with van der Waals surface area (Å²) in [6.45, 7) is 7.89. The number of halogens is 1. The maximum absolute atomic E-state index is 11.4. The Morgan fingerprint density at radius 1 is 1.42 bits per heavy atom. The Bertz CT molecular complexity index is 382. The summed E-state index contributed by atoms with van der Waals surface area (Å²) in [5, 5.41) is 6.36.